The lowest BCUT2D eigenvalue weighted by Crippen LogP contribution is -2.48. The van der Waals surface area contributed by atoms with Gasteiger partial charge in [-0.15, -0.1) is 0 Å². The molecule has 1 heterocycles. The Kier molecular flexibility index (Phi) is 4.97. The summed E-state index contributed by atoms with van der Waals surface area (Å²) in [4.78, 5) is 11.9. The van der Waals surface area contributed by atoms with Gasteiger partial charge in [-0.25, -0.2) is 0 Å². The van der Waals surface area contributed by atoms with Crippen LogP contribution in [-0.2, 0) is 11.2 Å². The van der Waals surface area contributed by atoms with Crippen molar-refractivity contribution in [2.45, 2.75) is 39.2 Å². The van der Waals surface area contributed by atoms with Crippen LogP contribution in [0.3, 0.4) is 0 Å². The molecule has 0 radical (unpaired) electrons. The van der Waals surface area contributed by atoms with Gasteiger partial charge in [0.05, 0.1) is 6.42 Å². The van der Waals surface area contributed by atoms with Crippen LogP contribution in [0.2, 0.25) is 0 Å². The highest BCUT2D eigenvalue weighted by Gasteiger charge is 2.20. The number of hydrogen-bond donors (Lipinski definition) is 2. The third-order valence-corrected chi connectivity index (χ3v) is 3.90. The smallest absolute Gasteiger partial charge is 0.224 e. The number of hydrogen-bond acceptors (Lipinski definition) is 2. The molecule has 1 fully saturated rings. The Balaban J connectivity index is 1.78. The topological polar surface area (TPSA) is 41.1 Å². The summed E-state index contributed by atoms with van der Waals surface area (Å²) in [6.07, 6.45) is 2.98. The third-order valence-electron chi connectivity index (χ3n) is 3.90. The van der Waals surface area contributed by atoms with Gasteiger partial charge in [0.1, 0.15) is 0 Å². The largest absolute Gasteiger partial charge is 0.354 e. The van der Waals surface area contributed by atoms with E-state index in [1.807, 2.05) is 12.1 Å². The number of amides is 1. The molecule has 2 atom stereocenters. The summed E-state index contributed by atoms with van der Waals surface area (Å²) in [6.45, 7) is 6.12. The summed E-state index contributed by atoms with van der Waals surface area (Å²) in [5.74, 6) is 0.762. The summed E-state index contributed by atoms with van der Waals surface area (Å²) >= 11 is 0. The Morgan fingerprint density at radius 1 is 1.47 bits per heavy atom. The fraction of sp³-hybridized carbons (Fsp3) is 0.562. The van der Waals surface area contributed by atoms with Crippen LogP contribution >= 0.6 is 0 Å². The zero-order valence-corrected chi connectivity index (χ0v) is 11.9. The van der Waals surface area contributed by atoms with Crippen LogP contribution in [0.5, 0.6) is 0 Å². The number of carbonyl (C=O) groups excluding carboxylic acids is 1. The molecule has 0 aromatic heterocycles. The lowest BCUT2D eigenvalue weighted by Gasteiger charge is -2.30. The van der Waals surface area contributed by atoms with Gasteiger partial charge >= 0.3 is 0 Å². The van der Waals surface area contributed by atoms with E-state index in [0.717, 1.165) is 18.7 Å². The minimum Gasteiger partial charge on any atom is -0.354 e. The Morgan fingerprint density at radius 2 is 2.32 bits per heavy atom. The van der Waals surface area contributed by atoms with Crippen molar-refractivity contribution in [2.75, 3.05) is 13.1 Å². The van der Waals surface area contributed by atoms with Crippen LogP contribution in [0.15, 0.2) is 24.3 Å². The fourth-order valence-corrected chi connectivity index (χ4v) is 2.68. The molecule has 0 saturated carbocycles. The molecule has 1 amide bonds. The van der Waals surface area contributed by atoms with Crippen molar-refractivity contribution in [3.05, 3.63) is 35.4 Å². The molecule has 1 aliphatic heterocycles. The lowest BCUT2D eigenvalue weighted by molar-refractivity contribution is -0.120. The van der Waals surface area contributed by atoms with Gasteiger partial charge in [-0.1, -0.05) is 36.8 Å². The maximum Gasteiger partial charge on any atom is 0.224 e. The highest BCUT2D eigenvalue weighted by Crippen LogP contribution is 2.14. The van der Waals surface area contributed by atoms with Crippen molar-refractivity contribution in [2.24, 2.45) is 5.92 Å². The van der Waals surface area contributed by atoms with E-state index in [9.17, 15) is 4.79 Å². The first-order chi connectivity index (χ1) is 9.15. The molecule has 19 heavy (non-hydrogen) atoms. The van der Waals surface area contributed by atoms with E-state index in [4.69, 9.17) is 0 Å². The number of piperidine rings is 1. The van der Waals surface area contributed by atoms with E-state index in [1.54, 1.807) is 0 Å². The lowest BCUT2D eigenvalue weighted by atomic mass is 9.93. The Bertz CT molecular complexity index is 431. The highest BCUT2D eigenvalue weighted by atomic mass is 16.1. The summed E-state index contributed by atoms with van der Waals surface area (Å²) in [5.41, 5.74) is 2.29. The molecule has 3 heteroatoms. The fourth-order valence-electron chi connectivity index (χ4n) is 2.68. The van der Waals surface area contributed by atoms with Crippen LogP contribution in [-0.4, -0.2) is 25.0 Å². The molecular formula is C16H24N2O. The summed E-state index contributed by atoms with van der Waals surface area (Å²) in [7, 11) is 0. The van der Waals surface area contributed by atoms with Crippen molar-refractivity contribution in [1.29, 1.82) is 0 Å². The van der Waals surface area contributed by atoms with E-state index < -0.39 is 0 Å². The van der Waals surface area contributed by atoms with Gasteiger partial charge < -0.3 is 10.6 Å². The molecule has 0 unspecified atom stereocenters. The second kappa shape index (κ2) is 6.71. The van der Waals surface area contributed by atoms with Crippen molar-refractivity contribution >= 4 is 5.91 Å². The second-order valence-corrected chi connectivity index (χ2v) is 5.65. The first-order valence-electron chi connectivity index (χ1n) is 7.21. The third kappa shape index (κ3) is 4.35. The van der Waals surface area contributed by atoms with Crippen LogP contribution in [0.25, 0.3) is 0 Å². The first kappa shape index (κ1) is 14.1. The maximum atomic E-state index is 11.9. The SMILES string of the molecule is Cc1cccc(CC(=O)NC[C@H]2NCCC[C@@H]2C)c1. The van der Waals surface area contributed by atoms with E-state index >= 15 is 0 Å². The van der Waals surface area contributed by atoms with E-state index in [1.165, 1.54) is 18.4 Å². The normalized spacial score (nSPS) is 23.1. The molecule has 1 saturated heterocycles. The average molecular weight is 260 g/mol. The zero-order chi connectivity index (χ0) is 13.7. The Hall–Kier alpha value is -1.35. The minimum absolute atomic E-state index is 0.116. The standard InChI is InChI=1S/C16H24N2O/c1-12-5-3-7-14(9-12)10-16(19)18-11-15-13(2)6-4-8-17-15/h3,5,7,9,13,15,17H,4,6,8,10-11H2,1-2H3,(H,18,19)/t13-,15+/m0/s1. The van der Waals surface area contributed by atoms with E-state index in [-0.39, 0.29) is 5.91 Å². The van der Waals surface area contributed by atoms with Gasteiger partial charge in [0.2, 0.25) is 5.91 Å². The predicted octanol–water partition coefficient (Wildman–Crippen LogP) is 2.04. The van der Waals surface area contributed by atoms with Gasteiger partial charge in [-0.2, -0.15) is 0 Å². The van der Waals surface area contributed by atoms with Gasteiger partial charge in [0, 0.05) is 12.6 Å². The average Bonchev–Trinajstić information content (AvgIpc) is 2.38. The molecule has 1 aromatic carbocycles. The summed E-state index contributed by atoms with van der Waals surface area (Å²) < 4.78 is 0. The van der Waals surface area contributed by atoms with Crippen molar-refractivity contribution in [1.82, 2.24) is 10.6 Å². The molecule has 0 aliphatic carbocycles. The van der Waals surface area contributed by atoms with Crippen LogP contribution < -0.4 is 10.6 Å². The van der Waals surface area contributed by atoms with Gasteiger partial charge in [0.25, 0.3) is 0 Å². The van der Waals surface area contributed by atoms with Crippen LogP contribution in [0, 0.1) is 12.8 Å². The molecular weight excluding hydrogens is 236 g/mol. The number of carbonyl (C=O) groups is 1. The number of nitrogens with one attached hydrogen (secondary N) is 2. The first-order valence-corrected chi connectivity index (χ1v) is 7.21. The summed E-state index contributed by atoms with van der Waals surface area (Å²) in [6, 6.07) is 8.56. The molecule has 2 N–H and O–H groups in total. The van der Waals surface area contributed by atoms with Gasteiger partial charge in [-0.3, -0.25) is 4.79 Å². The molecule has 1 aliphatic rings. The number of aryl methyl sites for hydroxylation is 1. The van der Waals surface area contributed by atoms with Crippen LogP contribution in [0.4, 0.5) is 0 Å². The zero-order valence-electron chi connectivity index (χ0n) is 11.9. The van der Waals surface area contributed by atoms with Crippen molar-refractivity contribution < 1.29 is 4.79 Å². The highest BCUT2D eigenvalue weighted by molar-refractivity contribution is 5.78. The number of rotatable bonds is 4. The monoisotopic (exact) mass is 260 g/mol. The van der Waals surface area contributed by atoms with Crippen LogP contribution in [0.1, 0.15) is 30.9 Å². The van der Waals surface area contributed by atoms with E-state index in [2.05, 4.69) is 36.6 Å². The molecule has 1 aromatic rings. The maximum absolute atomic E-state index is 11.9. The molecule has 104 valence electrons. The second-order valence-electron chi connectivity index (χ2n) is 5.65. The van der Waals surface area contributed by atoms with Gasteiger partial charge in [0.15, 0.2) is 0 Å². The number of benzene rings is 1. The predicted molar refractivity (Wildman–Crippen MR) is 78.1 cm³/mol. The Labute approximate surface area is 115 Å². The summed E-state index contributed by atoms with van der Waals surface area (Å²) in [5, 5.41) is 6.53. The molecule has 0 bridgehead atoms. The van der Waals surface area contributed by atoms with Crippen molar-refractivity contribution in [3.63, 3.8) is 0 Å². The molecule has 2 rings (SSSR count). The van der Waals surface area contributed by atoms with Crippen molar-refractivity contribution in [3.8, 4) is 0 Å². The Morgan fingerprint density at radius 3 is 3.05 bits per heavy atom. The molecule has 0 spiro atoms. The quantitative estimate of drug-likeness (QED) is 0.870. The minimum atomic E-state index is 0.116. The van der Waals surface area contributed by atoms with Gasteiger partial charge in [-0.05, 0) is 37.8 Å². The molecule has 3 nitrogen and oxygen atoms in total. The van der Waals surface area contributed by atoms with E-state index in [0.29, 0.717) is 18.4 Å².